The predicted molar refractivity (Wildman–Crippen MR) is 105 cm³/mol. The fourth-order valence-electron chi connectivity index (χ4n) is 3.64. The van der Waals surface area contributed by atoms with Gasteiger partial charge in [0.1, 0.15) is 23.4 Å². The minimum absolute atomic E-state index is 0.267. The Balaban J connectivity index is 1.76. The number of fused-ring (bicyclic) bond motifs is 1. The molecule has 0 spiro atoms. The molecule has 3 heterocycles. The number of hydrogen-bond acceptors (Lipinski definition) is 5. The maximum Gasteiger partial charge on any atom is 0.251 e. The molecule has 1 unspecified atom stereocenters. The van der Waals surface area contributed by atoms with E-state index < -0.39 is 34.8 Å². The number of piperazine rings is 1. The van der Waals surface area contributed by atoms with E-state index in [9.17, 15) is 18.7 Å². The van der Waals surface area contributed by atoms with Crippen LogP contribution in [0.5, 0.6) is 0 Å². The van der Waals surface area contributed by atoms with Crippen LogP contribution < -0.4 is 10.6 Å². The number of anilines is 1. The molecule has 1 fully saturated rings. The van der Waals surface area contributed by atoms with Gasteiger partial charge in [0.05, 0.1) is 23.0 Å². The number of hydrogen-bond donors (Lipinski definition) is 3. The van der Waals surface area contributed by atoms with Crippen molar-refractivity contribution < 1.29 is 18.7 Å². The zero-order valence-electron chi connectivity index (χ0n) is 15.8. The number of halogens is 2. The van der Waals surface area contributed by atoms with Crippen molar-refractivity contribution in [2.45, 2.75) is 6.10 Å². The molecule has 9 heteroatoms. The SMILES string of the molecule is CN1CCN(c2cnc3[nH]cc(C(O)c4c(F)ccc(C(N)=O)c4F)c3c2)CC1. The molecule has 1 aliphatic rings. The Labute approximate surface area is 165 Å². The van der Waals surface area contributed by atoms with Crippen LogP contribution in [0.4, 0.5) is 14.5 Å². The molecule has 1 atom stereocenters. The van der Waals surface area contributed by atoms with E-state index in [-0.39, 0.29) is 5.56 Å². The van der Waals surface area contributed by atoms with Gasteiger partial charge < -0.3 is 25.6 Å². The van der Waals surface area contributed by atoms with Gasteiger partial charge in [-0.15, -0.1) is 0 Å². The average molecular weight is 401 g/mol. The number of aliphatic hydroxyl groups is 1. The summed E-state index contributed by atoms with van der Waals surface area (Å²) in [5.74, 6) is -3.16. The first-order valence-corrected chi connectivity index (χ1v) is 9.23. The lowest BCUT2D eigenvalue weighted by Crippen LogP contribution is -2.44. The van der Waals surface area contributed by atoms with Crippen molar-refractivity contribution in [2.24, 2.45) is 5.73 Å². The number of H-pyrrole nitrogens is 1. The van der Waals surface area contributed by atoms with Crippen molar-refractivity contribution in [3.63, 3.8) is 0 Å². The van der Waals surface area contributed by atoms with Crippen LogP contribution in [-0.4, -0.2) is 59.1 Å². The number of carbonyl (C=O) groups excluding carboxylic acids is 1. The Morgan fingerprint density at radius 2 is 2.00 bits per heavy atom. The van der Waals surface area contributed by atoms with Crippen LogP contribution in [0.2, 0.25) is 0 Å². The van der Waals surface area contributed by atoms with Gasteiger partial charge >= 0.3 is 0 Å². The molecule has 3 aromatic rings. The largest absolute Gasteiger partial charge is 0.383 e. The number of nitrogens with two attached hydrogens (primary N) is 1. The molecular formula is C20H21F2N5O2. The topological polar surface area (TPSA) is 98.5 Å². The Bertz CT molecular complexity index is 1080. The van der Waals surface area contributed by atoms with Crippen LogP contribution in [0.1, 0.15) is 27.6 Å². The van der Waals surface area contributed by atoms with E-state index in [1.54, 1.807) is 6.20 Å². The summed E-state index contributed by atoms with van der Waals surface area (Å²) in [6, 6.07) is 3.73. The predicted octanol–water partition coefficient (Wildman–Crippen LogP) is 1.77. The van der Waals surface area contributed by atoms with Crippen LogP contribution in [0.15, 0.2) is 30.6 Å². The minimum atomic E-state index is -1.63. The summed E-state index contributed by atoms with van der Waals surface area (Å²) in [4.78, 5) is 23.1. The molecule has 1 amide bonds. The van der Waals surface area contributed by atoms with Gasteiger partial charge in [-0.3, -0.25) is 4.79 Å². The maximum atomic E-state index is 14.7. The molecule has 0 aliphatic carbocycles. The van der Waals surface area contributed by atoms with Gasteiger partial charge in [-0.05, 0) is 25.2 Å². The van der Waals surface area contributed by atoms with Crippen molar-refractivity contribution in [2.75, 3.05) is 38.1 Å². The third kappa shape index (κ3) is 3.43. The lowest BCUT2D eigenvalue weighted by molar-refractivity contribution is 0.0995. The first-order valence-electron chi connectivity index (χ1n) is 9.23. The van der Waals surface area contributed by atoms with Crippen LogP contribution in [0, 0.1) is 11.6 Å². The molecule has 2 aromatic heterocycles. The van der Waals surface area contributed by atoms with E-state index in [2.05, 4.69) is 26.8 Å². The van der Waals surface area contributed by atoms with E-state index in [1.165, 1.54) is 6.20 Å². The zero-order valence-corrected chi connectivity index (χ0v) is 15.8. The molecule has 0 radical (unpaired) electrons. The lowest BCUT2D eigenvalue weighted by atomic mass is 9.98. The summed E-state index contributed by atoms with van der Waals surface area (Å²) in [6.07, 6.45) is 1.56. The zero-order chi connectivity index (χ0) is 20.7. The number of aromatic amines is 1. The number of amides is 1. The Morgan fingerprint density at radius 1 is 1.28 bits per heavy atom. The number of aliphatic hydroxyl groups excluding tert-OH is 1. The number of benzene rings is 1. The van der Waals surface area contributed by atoms with Crippen LogP contribution >= 0.6 is 0 Å². The monoisotopic (exact) mass is 401 g/mol. The summed E-state index contributed by atoms with van der Waals surface area (Å²) in [7, 11) is 2.06. The van der Waals surface area contributed by atoms with Crippen molar-refractivity contribution in [1.29, 1.82) is 0 Å². The summed E-state index contributed by atoms with van der Waals surface area (Å²) in [5.41, 5.74) is 5.68. The van der Waals surface area contributed by atoms with E-state index in [0.717, 1.165) is 44.0 Å². The normalized spacial score (nSPS) is 16.3. The highest BCUT2D eigenvalue weighted by Crippen LogP contribution is 2.33. The standard InChI is InChI=1S/C20H21F2N5O2/c1-26-4-6-27(7-5-26)11-8-13-14(10-25-20(13)24-9-11)18(28)16-15(21)3-2-12(17(16)22)19(23)29/h2-3,8-10,18,28H,4-7H2,1H3,(H2,23,29)(H,24,25). The Kier molecular flexibility index (Phi) is 4.93. The Morgan fingerprint density at radius 3 is 2.69 bits per heavy atom. The van der Waals surface area contributed by atoms with Crippen LogP contribution in [-0.2, 0) is 0 Å². The molecule has 152 valence electrons. The summed E-state index contributed by atoms with van der Waals surface area (Å²) >= 11 is 0. The number of carbonyl (C=O) groups is 1. The molecule has 7 nitrogen and oxygen atoms in total. The van der Waals surface area contributed by atoms with Crippen LogP contribution in [0.25, 0.3) is 11.0 Å². The molecule has 1 aliphatic heterocycles. The summed E-state index contributed by atoms with van der Waals surface area (Å²) in [6.45, 7) is 3.49. The van der Waals surface area contributed by atoms with Gasteiger partial charge in [-0.2, -0.15) is 0 Å². The molecule has 0 saturated carbocycles. The minimum Gasteiger partial charge on any atom is -0.383 e. The maximum absolute atomic E-state index is 14.7. The van der Waals surface area contributed by atoms with Gasteiger partial charge in [-0.1, -0.05) is 0 Å². The summed E-state index contributed by atoms with van der Waals surface area (Å²) < 4.78 is 29.0. The fourth-order valence-corrected chi connectivity index (χ4v) is 3.64. The highest BCUT2D eigenvalue weighted by molar-refractivity contribution is 5.93. The average Bonchev–Trinajstić information content (AvgIpc) is 3.11. The van der Waals surface area contributed by atoms with Crippen molar-refractivity contribution in [1.82, 2.24) is 14.9 Å². The third-order valence-corrected chi connectivity index (χ3v) is 5.38. The Hall–Kier alpha value is -3.04. The number of rotatable bonds is 4. The lowest BCUT2D eigenvalue weighted by Gasteiger charge is -2.33. The molecule has 4 rings (SSSR count). The second-order valence-electron chi connectivity index (χ2n) is 7.21. The van der Waals surface area contributed by atoms with E-state index in [0.29, 0.717) is 11.0 Å². The second-order valence-corrected chi connectivity index (χ2v) is 7.21. The molecule has 1 saturated heterocycles. The summed E-state index contributed by atoms with van der Waals surface area (Å²) in [5, 5.41) is 11.3. The number of likely N-dealkylation sites (N-methyl/N-ethyl adjacent to an activating group) is 1. The molecule has 29 heavy (non-hydrogen) atoms. The number of primary amides is 1. The number of aromatic nitrogens is 2. The quantitative estimate of drug-likeness (QED) is 0.619. The second kappa shape index (κ2) is 7.41. The van der Waals surface area contributed by atoms with Gasteiger partial charge in [0, 0.05) is 43.3 Å². The molecule has 1 aromatic carbocycles. The highest BCUT2D eigenvalue weighted by atomic mass is 19.1. The van der Waals surface area contributed by atoms with Gasteiger partial charge in [0.25, 0.3) is 5.91 Å². The van der Waals surface area contributed by atoms with E-state index >= 15 is 0 Å². The van der Waals surface area contributed by atoms with Crippen LogP contribution in [0.3, 0.4) is 0 Å². The molecular weight excluding hydrogens is 380 g/mol. The first-order chi connectivity index (χ1) is 13.9. The highest BCUT2D eigenvalue weighted by Gasteiger charge is 2.26. The van der Waals surface area contributed by atoms with Gasteiger partial charge in [0.15, 0.2) is 0 Å². The van der Waals surface area contributed by atoms with Gasteiger partial charge in [-0.25, -0.2) is 13.8 Å². The smallest absolute Gasteiger partial charge is 0.251 e. The fraction of sp³-hybridized carbons (Fsp3) is 0.300. The number of nitrogens with zero attached hydrogens (tertiary/aromatic N) is 3. The number of nitrogens with one attached hydrogen (secondary N) is 1. The van der Waals surface area contributed by atoms with Gasteiger partial charge in [0.2, 0.25) is 0 Å². The van der Waals surface area contributed by atoms with Crippen molar-refractivity contribution >= 4 is 22.6 Å². The van der Waals surface area contributed by atoms with Crippen molar-refractivity contribution in [3.8, 4) is 0 Å². The first kappa shape index (κ1) is 19.3. The van der Waals surface area contributed by atoms with E-state index in [1.807, 2.05) is 6.07 Å². The third-order valence-electron chi connectivity index (χ3n) is 5.38. The molecule has 0 bridgehead atoms. The molecule has 4 N–H and O–H groups in total. The van der Waals surface area contributed by atoms with E-state index in [4.69, 9.17) is 5.73 Å². The number of pyridine rings is 1. The van der Waals surface area contributed by atoms with Crippen molar-refractivity contribution in [3.05, 3.63) is 58.9 Å².